The number of ether oxygens (including phenoxy) is 2. The molecule has 0 bridgehead atoms. The highest BCUT2D eigenvalue weighted by atomic mass is 16.5. The Kier molecular flexibility index (Phi) is 4.06. The molecule has 2 aromatic rings. The third-order valence-electron chi connectivity index (χ3n) is 3.90. The molecule has 1 heterocycles. The molecule has 1 aliphatic heterocycles. The third kappa shape index (κ3) is 2.57. The number of likely N-dealkylation sites (N-methyl/N-ethyl adjacent to an activating group) is 1. The average Bonchev–Trinajstić information content (AvgIpc) is 2.81. The van der Waals surface area contributed by atoms with Crippen molar-refractivity contribution in [2.75, 3.05) is 25.7 Å². The first kappa shape index (κ1) is 15.2. The highest BCUT2D eigenvalue weighted by Crippen LogP contribution is 2.39. The van der Waals surface area contributed by atoms with Crippen LogP contribution in [0, 0.1) is 0 Å². The molecule has 0 fully saturated rings. The lowest BCUT2D eigenvalue weighted by atomic mass is 10.0. The van der Waals surface area contributed by atoms with E-state index in [-0.39, 0.29) is 5.91 Å². The van der Waals surface area contributed by atoms with Crippen molar-refractivity contribution in [2.45, 2.75) is 6.92 Å². The van der Waals surface area contributed by atoms with Gasteiger partial charge in [-0.3, -0.25) is 4.79 Å². The number of nitrogens with zero attached hydrogens (tertiary/aromatic N) is 1. The number of methoxy groups -OCH3 is 1. The number of para-hydroxylation sites is 2. The summed E-state index contributed by atoms with van der Waals surface area (Å²) in [6, 6.07) is 13.5. The first-order valence-corrected chi connectivity index (χ1v) is 7.56. The SMILES string of the molecule is CCOc1cccc(/C=C2\C(=O)N(C)c3ccccc32)c1OC. The molecule has 0 N–H and O–H groups in total. The summed E-state index contributed by atoms with van der Waals surface area (Å²) in [5, 5.41) is 0. The molecule has 0 saturated carbocycles. The van der Waals surface area contributed by atoms with Crippen molar-refractivity contribution >= 4 is 23.2 Å². The van der Waals surface area contributed by atoms with Crippen molar-refractivity contribution in [3.8, 4) is 11.5 Å². The zero-order chi connectivity index (χ0) is 16.4. The number of benzene rings is 2. The van der Waals surface area contributed by atoms with E-state index in [0.29, 0.717) is 23.7 Å². The van der Waals surface area contributed by atoms with E-state index in [1.54, 1.807) is 19.1 Å². The van der Waals surface area contributed by atoms with E-state index in [1.807, 2.05) is 55.5 Å². The van der Waals surface area contributed by atoms with Crippen LogP contribution in [0.3, 0.4) is 0 Å². The van der Waals surface area contributed by atoms with Crippen LogP contribution in [0.2, 0.25) is 0 Å². The zero-order valence-corrected chi connectivity index (χ0v) is 13.5. The Balaban J connectivity index is 2.12. The number of fused-ring (bicyclic) bond motifs is 1. The van der Waals surface area contributed by atoms with Crippen LogP contribution in [-0.4, -0.2) is 26.7 Å². The smallest absolute Gasteiger partial charge is 0.258 e. The van der Waals surface area contributed by atoms with E-state index < -0.39 is 0 Å². The summed E-state index contributed by atoms with van der Waals surface area (Å²) in [5.74, 6) is 1.30. The zero-order valence-electron chi connectivity index (χ0n) is 13.5. The van der Waals surface area contributed by atoms with Crippen molar-refractivity contribution in [2.24, 2.45) is 0 Å². The fraction of sp³-hybridized carbons (Fsp3) is 0.211. The van der Waals surface area contributed by atoms with Crippen LogP contribution in [0.5, 0.6) is 11.5 Å². The molecule has 0 aliphatic carbocycles. The van der Waals surface area contributed by atoms with Crippen LogP contribution in [-0.2, 0) is 4.79 Å². The van der Waals surface area contributed by atoms with Crippen LogP contribution in [0.25, 0.3) is 11.6 Å². The van der Waals surface area contributed by atoms with E-state index in [1.165, 1.54) is 0 Å². The molecule has 0 aromatic heterocycles. The maximum absolute atomic E-state index is 12.6. The predicted molar refractivity (Wildman–Crippen MR) is 91.9 cm³/mol. The third-order valence-corrected chi connectivity index (χ3v) is 3.90. The first-order valence-electron chi connectivity index (χ1n) is 7.56. The average molecular weight is 309 g/mol. The van der Waals surface area contributed by atoms with E-state index in [2.05, 4.69) is 0 Å². The van der Waals surface area contributed by atoms with Crippen LogP contribution in [0.4, 0.5) is 5.69 Å². The van der Waals surface area contributed by atoms with Gasteiger partial charge in [-0.2, -0.15) is 0 Å². The Hall–Kier alpha value is -2.75. The molecule has 0 spiro atoms. The van der Waals surface area contributed by atoms with Crippen molar-refractivity contribution in [1.29, 1.82) is 0 Å². The number of hydrogen-bond acceptors (Lipinski definition) is 3. The Morgan fingerprint density at radius 2 is 1.91 bits per heavy atom. The van der Waals surface area contributed by atoms with Gasteiger partial charge in [0.25, 0.3) is 5.91 Å². The lowest BCUT2D eigenvalue weighted by Crippen LogP contribution is -2.20. The Morgan fingerprint density at radius 3 is 2.65 bits per heavy atom. The normalized spacial score (nSPS) is 15.0. The largest absolute Gasteiger partial charge is 0.492 e. The number of hydrogen-bond donors (Lipinski definition) is 0. The molecular weight excluding hydrogens is 290 g/mol. The topological polar surface area (TPSA) is 38.8 Å². The first-order chi connectivity index (χ1) is 11.2. The van der Waals surface area contributed by atoms with Gasteiger partial charge in [-0.1, -0.05) is 30.3 Å². The molecule has 118 valence electrons. The standard InChI is InChI=1S/C19H19NO3/c1-4-23-17-11-7-8-13(18(17)22-3)12-15-14-9-5-6-10-16(14)20(2)19(15)21/h5-12H,4H2,1-3H3/b15-12-. The second-order valence-corrected chi connectivity index (χ2v) is 5.25. The number of amides is 1. The molecule has 2 aromatic carbocycles. The molecule has 0 saturated heterocycles. The van der Waals surface area contributed by atoms with Crippen LogP contribution >= 0.6 is 0 Å². The molecule has 0 radical (unpaired) electrons. The highest BCUT2D eigenvalue weighted by molar-refractivity contribution is 6.35. The number of anilines is 1. The highest BCUT2D eigenvalue weighted by Gasteiger charge is 2.29. The van der Waals surface area contributed by atoms with Gasteiger partial charge < -0.3 is 14.4 Å². The summed E-state index contributed by atoms with van der Waals surface area (Å²) in [7, 11) is 3.40. The van der Waals surface area contributed by atoms with Gasteiger partial charge in [-0.05, 0) is 25.1 Å². The van der Waals surface area contributed by atoms with Gasteiger partial charge in [-0.15, -0.1) is 0 Å². The molecule has 3 rings (SSSR count). The van der Waals surface area contributed by atoms with Crippen LogP contribution in [0.1, 0.15) is 18.1 Å². The van der Waals surface area contributed by atoms with Crippen LogP contribution in [0.15, 0.2) is 42.5 Å². The summed E-state index contributed by atoms with van der Waals surface area (Å²) < 4.78 is 11.1. The minimum atomic E-state index is -0.0185. The molecule has 23 heavy (non-hydrogen) atoms. The van der Waals surface area contributed by atoms with E-state index in [4.69, 9.17) is 9.47 Å². The molecule has 1 aliphatic rings. The maximum atomic E-state index is 12.6. The Labute approximate surface area is 135 Å². The summed E-state index contributed by atoms with van der Waals surface area (Å²) in [6.07, 6.45) is 1.87. The minimum absolute atomic E-state index is 0.0185. The van der Waals surface area contributed by atoms with E-state index >= 15 is 0 Å². The number of carbonyl (C=O) groups is 1. The molecule has 1 amide bonds. The number of rotatable bonds is 4. The van der Waals surface area contributed by atoms with Gasteiger partial charge in [-0.25, -0.2) is 0 Å². The van der Waals surface area contributed by atoms with E-state index in [0.717, 1.165) is 16.8 Å². The van der Waals surface area contributed by atoms with Crippen LogP contribution < -0.4 is 14.4 Å². The van der Waals surface area contributed by atoms with Gasteiger partial charge in [0.2, 0.25) is 0 Å². The monoisotopic (exact) mass is 309 g/mol. The summed E-state index contributed by atoms with van der Waals surface area (Å²) in [4.78, 5) is 14.2. The van der Waals surface area contributed by atoms with Crippen molar-refractivity contribution in [3.63, 3.8) is 0 Å². The van der Waals surface area contributed by atoms with Gasteiger partial charge in [0.1, 0.15) is 0 Å². The molecule has 4 heteroatoms. The predicted octanol–water partition coefficient (Wildman–Crippen LogP) is 3.61. The van der Waals surface area contributed by atoms with Crippen molar-refractivity contribution in [3.05, 3.63) is 53.6 Å². The summed E-state index contributed by atoms with van der Waals surface area (Å²) in [6.45, 7) is 2.48. The molecular formula is C19H19NO3. The minimum Gasteiger partial charge on any atom is -0.492 e. The number of carbonyl (C=O) groups excluding carboxylic acids is 1. The fourth-order valence-corrected chi connectivity index (χ4v) is 2.83. The van der Waals surface area contributed by atoms with Gasteiger partial charge in [0.15, 0.2) is 11.5 Å². The summed E-state index contributed by atoms with van der Waals surface area (Å²) in [5.41, 5.74) is 3.34. The fourth-order valence-electron chi connectivity index (χ4n) is 2.83. The van der Waals surface area contributed by atoms with Crippen molar-refractivity contribution in [1.82, 2.24) is 0 Å². The quantitative estimate of drug-likeness (QED) is 0.810. The molecule has 4 nitrogen and oxygen atoms in total. The summed E-state index contributed by atoms with van der Waals surface area (Å²) >= 11 is 0. The Morgan fingerprint density at radius 1 is 1.13 bits per heavy atom. The second kappa shape index (κ2) is 6.16. The maximum Gasteiger partial charge on any atom is 0.258 e. The van der Waals surface area contributed by atoms with Gasteiger partial charge in [0, 0.05) is 23.7 Å². The van der Waals surface area contributed by atoms with Gasteiger partial charge in [0.05, 0.1) is 19.4 Å². The van der Waals surface area contributed by atoms with E-state index in [9.17, 15) is 4.79 Å². The van der Waals surface area contributed by atoms with Gasteiger partial charge >= 0.3 is 0 Å². The lowest BCUT2D eigenvalue weighted by Gasteiger charge is -2.12. The Bertz CT molecular complexity index is 780. The van der Waals surface area contributed by atoms with Crippen molar-refractivity contribution < 1.29 is 14.3 Å². The molecule has 0 unspecified atom stereocenters. The lowest BCUT2D eigenvalue weighted by molar-refractivity contribution is -0.112. The molecule has 0 atom stereocenters. The second-order valence-electron chi connectivity index (χ2n) is 5.25.